The molecule has 0 radical (unpaired) electrons. The van der Waals surface area contributed by atoms with Crippen LogP contribution in [-0.2, 0) is 0 Å². The number of hydrazone groups is 1. The van der Waals surface area contributed by atoms with Crippen LogP contribution in [0.4, 0.5) is 5.69 Å². The van der Waals surface area contributed by atoms with Crippen molar-refractivity contribution in [1.29, 1.82) is 0 Å². The maximum Gasteiger partial charge on any atom is 0.343 e. The van der Waals surface area contributed by atoms with E-state index in [1.54, 1.807) is 55.5 Å². The van der Waals surface area contributed by atoms with Crippen LogP contribution < -0.4 is 14.9 Å². The number of nitrogens with one attached hydrogen (secondary N) is 1. The Morgan fingerprint density at radius 2 is 1.72 bits per heavy atom. The maximum atomic E-state index is 12.3. The number of amides is 1. The molecule has 0 fully saturated rings. The zero-order valence-electron chi connectivity index (χ0n) is 17.1. The van der Waals surface area contributed by atoms with Crippen LogP contribution in [-0.4, -0.2) is 29.6 Å². The number of benzene rings is 3. The molecule has 0 atom stereocenters. The molecule has 0 aliphatic rings. The topological polar surface area (TPSA) is 120 Å². The summed E-state index contributed by atoms with van der Waals surface area (Å²) in [5.74, 6) is -0.423. The van der Waals surface area contributed by atoms with Gasteiger partial charge in [-0.05, 0) is 55.0 Å². The highest BCUT2D eigenvalue weighted by molar-refractivity contribution is 5.95. The molecular weight excluding hydrogens is 414 g/mol. The van der Waals surface area contributed by atoms with E-state index in [0.29, 0.717) is 23.5 Å². The van der Waals surface area contributed by atoms with Crippen LogP contribution in [0.5, 0.6) is 11.5 Å². The summed E-state index contributed by atoms with van der Waals surface area (Å²) in [5, 5.41) is 14.6. The lowest BCUT2D eigenvalue weighted by molar-refractivity contribution is -0.384. The van der Waals surface area contributed by atoms with Crippen molar-refractivity contribution in [2.24, 2.45) is 5.10 Å². The molecule has 1 amide bonds. The van der Waals surface area contributed by atoms with E-state index < -0.39 is 16.8 Å². The molecule has 3 aromatic carbocycles. The average Bonchev–Trinajstić information content (AvgIpc) is 2.81. The highest BCUT2D eigenvalue weighted by Crippen LogP contribution is 2.29. The average molecular weight is 433 g/mol. The number of nitro benzene ring substituents is 1. The molecule has 0 aliphatic carbocycles. The predicted molar refractivity (Wildman–Crippen MR) is 117 cm³/mol. The quantitative estimate of drug-likeness (QED) is 0.189. The van der Waals surface area contributed by atoms with Gasteiger partial charge in [0.25, 0.3) is 11.6 Å². The van der Waals surface area contributed by atoms with Crippen molar-refractivity contribution in [3.8, 4) is 11.5 Å². The lowest BCUT2D eigenvalue weighted by Crippen LogP contribution is -2.17. The van der Waals surface area contributed by atoms with Gasteiger partial charge < -0.3 is 9.47 Å². The molecule has 0 aliphatic heterocycles. The van der Waals surface area contributed by atoms with Crippen LogP contribution in [0.1, 0.15) is 33.2 Å². The predicted octanol–water partition coefficient (Wildman–Crippen LogP) is 3.98. The summed E-state index contributed by atoms with van der Waals surface area (Å²) in [6, 6.07) is 18.6. The SMILES string of the molecule is CCOc1cc(/C=N/NC(=O)c2ccc([N+](=O)[O-])cc2)ccc1OC(=O)c1ccccc1. The molecule has 0 spiro atoms. The summed E-state index contributed by atoms with van der Waals surface area (Å²) in [6.07, 6.45) is 1.40. The summed E-state index contributed by atoms with van der Waals surface area (Å²) >= 11 is 0. The normalized spacial score (nSPS) is 10.5. The molecule has 32 heavy (non-hydrogen) atoms. The third-order valence-electron chi connectivity index (χ3n) is 4.20. The standard InChI is InChI=1S/C23H19N3O6/c1-2-31-21-14-16(8-13-20(21)32-23(28)18-6-4-3-5-7-18)15-24-25-22(27)17-9-11-19(12-10-17)26(29)30/h3-15H,2H2,1H3,(H,25,27)/b24-15+. The molecule has 0 unspecified atom stereocenters. The maximum absolute atomic E-state index is 12.3. The number of esters is 1. The van der Waals surface area contributed by atoms with Crippen molar-refractivity contribution in [1.82, 2.24) is 5.43 Å². The summed E-state index contributed by atoms with van der Waals surface area (Å²) in [4.78, 5) is 34.6. The fourth-order valence-corrected chi connectivity index (χ4v) is 2.66. The van der Waals surface area contributed by atoms with E-state index >= 15 is 0 Å². The summed E-state index contributed by atoms with van der Waals surface area (Å²) in [5.41, 5.74) is 3.47. The first kappa shape index (κ1) is 22.2. The minimum absolute atomic E-state index is 0.110. The minimum Gasteiger partial charge on any atom is -0.490 e. The number of ether oxygens (including phenoxy) is 2. The Hall–Kier alpha value is -4.53. The molecule has 1 N–H and O–H groups in total. The van der Waals surface area contributed by atoms with Gasteiger partial charge >= 0.3 is 5.97 Å². The lowest BCUT2D eigenvalue weighted by atomic mass is 10.2. The fourth-order valence-electron chi connectivity index (χ4n) is 2.66. The van der Waals surface area contributed by atoms with Crippen LogP contribution in [0.2, 0.25) is 0 Å². The zero-order chi connectivity index (χ0) is 22.9. The smallest absolute Gasteiger partial charge is 0.343 e. The zero-order valence-corrected chi connectivity index (χ0v) is 17.1. The van der Waals surface area contributed by atoms with Crippen LogP contribution in [0.25, 0.3) is 0 Å². The van der Waals surface area contributed by atoms with E-state index in [4.69, 9.17) is 9.47 Å². The van der Waals surface area contributed by atoms with Gasteiger partial charge in [0, 0.05) is 17.7 Å². The first-order valence-electron chi connectivity index (χ1n) is 9.60. The minimum atomic E-state index is -0.545. The molecular formula is C23H19N3O6. The van der Waals surface area contributed by atoms with E-state index in [9.17, 15) is 19.7 Å². The first-order valence-corrected chi connectivity index (χ1v) is 9.60. The van der Waals surface area contributed by atoms with Crippen molar-refractivity contribution < 1.29 is 24.0 Å². The van der Waals surface area contributed by atoms with Crippen LogP contribution in [0, 0.1) is 10.1 Å². The Morgan fingerprint density at radius 3 is 2.38 bits per heavy atom. The van der Waals surface area contributed by atoms with Crippen molar-refractivity contribution in [3.63, 3.8) is 0 Å². The summed E-state index contributed by atoms with van der Waals surface area (Å²) < 4.78 is 11.0. The number of rotatable bonds is 8. The Balaban J connectivity index is 1.68. The number of carbonyl (C=O) groups excluding carboxylic acids is 2. The molecule has 162 valence electrons. The molecule has 0 saturated heterocycles. The van der Waals surface area contributed by atoms with Crippen LogP contribution in [0.3, 0.4) is 0 Å². The van der Waals surface area contributed by atoms with Gasteiger partial charge in [-0.2, -0.15) is 5.10 Å². The molecule has 0 aromatic heterocycles. The second kappa shape index (κ2) is 10.5. The number of hydrogen-bond donors (Lipinski definition) is 1. The van der Waals surface area contributed by atoms with Gasteiger partial charge in [0.05, 0.1) is 23.3 Å². The Labute approximate surface area is 183 Å². The van der Waals surface area contributed by atoms with E-state index in [1.165, 1.54) is 30.5 Å². The molecule has 9 heteroatoms. The number of carbonyl (C=O) groups is 2. The molecule has 3 rings (SSSR count). The highest BCUT2D eigenvalue weighted by atomic mass is 16.6. The summed E-state index contributed by atoms with van der Waals surface area (Å²) in [7, 11) is 0. The third-order valence-corrected chi connectivity index (χ3v) is 4.20. The van der Waals surface area contributed by atoms with Gasteiger partial charge in [-0.3, -0.25) is 14.9 Å². The van der Waals surface area contributed by atoms with Crippen molar-refractivity contribution in [2.75, 3.05) is 6.61 Å². The van der Waals surface area contributed by atoms with Crippen LogP contribution >= 0.6 is 0 Å². The van der Waals surface area contributed by atoms with E-state index in [-0.39, 0.29) is 17.0 Å². The second-order valence-corrected chi connectivity index (χ2v) is 6.40. The molecule has 0 bridgehead atoms. The Kier molecular flexibility index (Phi) is 7.26. The van der Waals surface area contributed by atoms with Gasteiger partial charge in [0.2, 0.25) is 0 Å². The molecule has 0 heterocycles. The van der Waals surface area contributed by atoms with Gasteiger partial charge in [-0.1, -0.05) is 18.2 Å². The highest BCUT2D eigenvalue weighted by Gasteiger charge is 2.13. The molecule has 9 nitrogen and oxygen atoms in total. The van der Waals surface area contributed by atoms with Gasteiger partial charge in [0.1, 0.15) is 0 Å². The van der Waals surface area contributed by atoms with Crippen molar-refractivity contribution in [3.05, 3.63) is 99.6 Å². The number of non-ortho nitro benzene ring substituents is 1. The number of nitro groups is 1. The van der Waals surface area contributed by atoms with E-state index in [2.05, 4.69) is 10.5 Å². The van der Waals surface area contributed by atoms with Crippen molar-refractivity contribution in [2.45, 2.75) is 6.92 Å². The van der Waals surface area contributed by atoms with E-state index in [1.807, 2.05) is 0 Å². The van der Waals surface area contributed by atoms with Gasteiger partial charge in [-0.25, -0.2) is 10.2 Å². The monoisotopic (exact) mass is 433 g/mol. The Morgan fingerprint density at radius 1 is 1.00 bits per heavy atom. The first-order chi connectivity index (χ1) is 15.5. The Bertz CT molecular complexity index is 1140. The molecule has 3 aromatic rings. The second-order valence-electron chi connectivity index (χ2n) is 6.40. The van der Waals surface area contributed by atoms with Crippen molar-refractivity contribution >= 4 is 23.8 Å². The largest absolute Gasteiger partial charge is 0.490 e. The van der Waals surface area contributed by atoms with Gasteiger partial charge in [-0.15, -0.1) is 0 Å². The third kappa shape index (κ3) is 5.76. The molecule has 0 saturated carbocycles. The number of nitrogens with zero attached hydrogens (tertiary/aromatic N) is 2. The van der Waals surface area contributed by atoms with E-state index in [0.717, 1.165) is 0 Å². The fraction of sp³-hybridized carbons (Fsp3) is 0.0870. The summed E-state index contributed by atoms with van der Waals surface area (Å²) in [6.45, 7) is 2.15. The van der Waals surface area contributed by atoms with Gasteiger partial charge in [0.15, 0.2) is 11.5 Å². The lowest BCUT2D eigenvalue weighted by Gasteiger charge is -2.11. The number of hydrogen-bond acceptors (Lipinski definition) is 7. The van der Waals surface area contributed by atoms with Crippen LogP contribution in [0.15, 0.2) is 77.9 Å².